The molecule has 0 fully saturated rings. The fourth-order valence-corrected chi connectivity index (χ4v) is 1.80. The second-order valence-corrected chi connectivity index (χ2v) is 4.72. The highest BCUT2D eigenvalue weighted by atomic mass is 19.2. The largest absolute Gasteiger partial charge is 0.489 e. The Morgan fingerprint density at radius 3 is 2.52 bits per heavy atom. The van der Waals surface area contributed by atoms with Gasteiger partial charge in [-0.25, -0.2) is 8.78 Å². The van der Waals surface area contributed by atoms with Gasteiger partial charge in [0.15, 0.2) is 11.6 Å². The van der Waals surface area contributed by atoms with E-state index in [1.54, 1.807) is 24.3 Å². The van der Waals surface area contributed by atoms with Gasteiger partial charge in [-0.05, 0) is 38.1 Å². The molecule has 0 spiro atoms. The first-order valence-electron chi connectivity index (χ1n) is 6.50. The van der Waals surface area contributed by atoms with E-state index in [0.717, 1.165) is 6.07 Å². The number of amides is 1. The van der Waals surface area contributed by atoms with Crippen LogP contribution >= 0.6 is 0 Å². The third kappa shape index (κ3) is 3.56. The van der Waals surface area contributed by atoms with Gasteiger partial charge in [0, 0.05) is 0 Å². The van der Waals surface area contributed by atoms with Crippen molar-refractivity contribution < 1.29 is 18.3 Å². The van der Waals surface area contributed by atoms with Crippen LogP contribution in [0.4, 0.5) is 14.5 Å². The molecule has 5 heteroatoms. The van der Waals surface area contributed by atoms with E-state index >= 15 is 0 Å². The molecule has 0 saturated carbocycles. The first-order valence-corrected chi connectivity index (χ1v) is 6.50. The van der Waals surface area contributed by atoms with Crippen molar-refractivity contribution in [2.24, 2.45) is 0 Å². The fraction of sp³-hybridized carbons (Fsp3) is 0.188. The smallest absolute Gasteiger partial charge is 0.258 e. The molecule has 0 aliphatic heterocycles. The van der Waals surface area contributed by atoms with E-state index in [1.165, 1.54) is 12.1 Å². The molecule has 0 unspecified atom stereocenters. The minimum absolute atomic E-state index is 0.0750. The molecular weight excluding hydrogens is 276 g/mol. The molecule has 3 nitrogen and oxygen atoms in total. The van der Waals surface area contributed by atoms with Crippen LogP contribution < -0.4 is 10.1 Å². The van der Waals surface area contributed by atoms with E-state index in [9.17, 15) is 13.6 Å². The zero-order valence-corrected chi connectivity index (χ0v) is 11.7. The van der Waals surface area contributed by atoms with Gasteiger partial charge in [-0.2, -0.15) is 0 Å². The first-order chi connectivity index (χ1) is 9.99. The van der Waals surface area contributed by atoms with Crippen LogP contribution in [0.1, 0.15) is 24.2 Å². The van der Waals surface area contributed by atoms with Crippen molar-refractivity contribution in [1.82, 2.24) is 0 Å². The van der Waals surface area contributed by atoms with Gasteiger partial charge in [0.05, 0.1) is 17.4 Å². The van der Waals surface area contributed by atoms with E-state index in [-0.39, 0.29) is 11.7 Å². The summed E-state index contributed by atoms with van der Waals surface area (Å²) in [4.78, 5) is 12.1. The number of rotatable bonds is 4. The molecule has 0 bridgehead atoms. The van der Waals surface area contributed by atoms with Gasteiger partial charge in [0.2, 0.25) is 0 Å². The fourth-order valence-electron chi connectivity index (χ4n) is 1.80. The highest BCUT2D eigenvalue weighted by molar-refractivity contribution is 6.05. The van der Waals surface area contributed by atoms with Crippen molar-refractivity contribution in [3.63, 3.8) is 0 Å². The quantitative estimate of drug-likeness (QED) is 0.924. The molecule has 0 atom stereocenters. The topological polar surface area (TPSA) is 38.3 Å². The van der Waals surface area contributed by atoms with E-state index < -0.39 is 17.5 Å². The summed E-state index contributed by atoms with van der Waals surface area (Å²) in [5.74, 6) is -2.49. The van der Waals surface area contributed by atoms with Gasteiger partial charge in [0.25, 0.3) is 5.91 Å². The zero-order chi connectivity index (χ0) is 15.4. The van der Waals surface area contributed by atoms with Crippen LogP contribution in [0.5, 0.6) is 5.75 Å². The second-order valence-electron chi connectivity index (χ2n) is 4.72. The molecule has 2 rings (SSSR count). The first kappa shape index (κ1) is 15.0. The van der Waals surface area contributed by atoms with Crippen molar-refractivity contribution in [1.29, 1.82) is 0 Å². The molecule has 0 aliphatic rings. The Hall–Kier alpha value is -2.43. The number of anilines is 1. The van der Waals surface area contributed by atoms with Gasteiger partial charge in [-0.1, -0.05) is 18.2 Å². The van der Waals surface area contributed by atoms with Gasteiger partial charge in [-0.3, -0.25) is 4.79 Å². The predicted molar refractivity (Wildman–Crippen MR) is 76.5 cm³/mol. The maximum atomic E-state index is 13.6. The van der Waals surface area contributed by atoms with Crippen molar-refractivity contribution in [2.45, 2.75) is 20.0 Å². The molecule has 0 saturated heterocycles. The molecular formula is C16H15F2NO2. The van der Waals surface area contributed by atoms with Crippen molar-refractivity contribution in [3.05, 3.63) is 59.7 Å². The van der Waals surface area contributed by atoms with Crippen LogP contribution in [-0.4, -0.2) is 12.0 Å². The summed E-state index contributed by atoms with van der Waals surface area (Å²) in [6.07, 6.45) is -0.0750. The van der Waals surface area contributed by atoms with Crippen LogP contribution in [0.2, 0.25) is 0 Å². The Morgan fingerprint density at radius 2 is 1.81 bits per heavy atom. The number of benzene rings is 2. The number of para-hydroxylation sites is 2. The second kappa shape index (κ2) is 6.35. The lowest BCUT2D eigenvalue weighted by Crippen LogP contribution is -2.16. The predicted octanol–water partition coefficient (Wildman–Crippen LogP) is 4.00. The number of carbonyl (C=O) groups is 1. The summed E-state index contributed by atoms with van der Waals surface area (Å²) in [5, 5.41) is 2.53. The number of ether oxygens (including phenoxy) is 1. The Bertz CT molecular complexity index is 656. The molecule has 1 N–H and O–H groups in total. The summed E-state index contributed by atoms with van der Waals surface area (Å²) in [6.45, 7) is 3.70. The van der Waals surface area contributed by atoms with E-state index in [2.05, 4.69) is 5.32 Å². The van der Waals surface area contributed by atoms with Gasteiger partial charge < -0.3 is 10.1 Å². The highest BCUT2D eigenvalue weighted by Crippen LogP contribution is 2.25. The maximum Gasteiger partial charge on any atom is 0.258 e. The summed E-state index contributed by atoms with van der Waals surface area (Å²) >= 11 is 0. The van der Waals surface area contributed by atoms with Gasteiger partial charge in [0.1, 0.15) is 5.75 Å². The molecule has 21 heavy (non-hydrogen) atoms. The van der Waals surface area contributed by atoms with E-state index in [1.807, 2.05) is 13.8 Å². The molecule has 0 radical (unpaired) electrons. The van der Waals surface area contributed by atoms with Crippen molar-refractivity contribution in [2.75, 3.05) is 5.32 Å². The van der Waals surface area contributed by atoms with Crippen molar-refractivity contribution >= 4 is 11.6 Å². The van der Waals surface area contributed by atoms with E-state index in [4.69, 9.17) is 4.74 Å². The Balaban J connectivity index is 2.26. The lowest BCUT2D eigenvalue weighted by molar-refractivity contribution is 0.102. The van der Waals surface area contributed by atoms with Crippen LogP contribution in [-0.2, 0) is 0 Å². The number of hydrogen-bond donors (Lipinski definition) is 1. The lowest BCUT2D eigenvalue weighted by atomic mass is 10.2. The van der Waals surface area contributed by atoms with Crippen LogP contribution in [0, 0.1) is 11.6 Å². The molecule has 110 valence electrons. The van der Waals surface area contributed by atoms with Crippen LogP contribution in [0.25, 0.3) is 0 Å². The number of hydrogen-bond acceptors (Lipinski definition) is 2. The SMILES string of the molecule is CC(C)Oc1ccccc1NC(=O)c1cccc(F)c1F. The summed E-state index contributed by atoms with van der Waals surface area (Å²) in [7, 11) is 0. The summed E-state index contributed by atoms with van der Waals surface area (Å²) < 4.78 is 32.3. The van der Waals surface area contributed by atoms with Gasteiger partial charge in [-0.15, -0.1) is 0 Å². The minimum atomic E-state index is -1.17. The molecule has 0 aliphatic carbocycles. The average molecular weight is 291 g/mol. The normalized spacial score (nSPS) is 10.5. The highest BCUT2D eigenvalue weighted by Gasteiger charge is 2.16. The van der Waals surface area contributed by atoms with E-state index in [0.29, 0.717) is 11.4 Å². The van der Waals surface area contributed by atoms with Gasteiger partial charge >= 0.3 is 0 Å². The minimum Gasteiger partial charge on any atom is -0.489 e. The monoisotopic (exact) mass is 291 g/mol. The summed E-state index contributed by atoms with van der Waals surface area (Å²) in [5.41, 5.74) is 0.0502. The molecule has 0 aromatic heterocycles. The number of carbonyl (C=O) groups excluding carboxylic acids is 1. The van der Waals surface area contributed by atoms with Crippen LogP contribution in [0.15, 0.2) is 42.5 Å². The molecule has 2 aromatic carbocycles. The third-order valence-electron chi connectivity index (χ3n) is 2.69. The molecule has 0 heterocycles. The number of nitrogens with one attached hydrogen (secondary N) is 1. The lowest BCUT2D eigenvalue weighted by Gasteiger charge is -2.15. The van der Waals surface area contributed by atoms with Crippen LogP contribution in [0.3, 0.4) is 0 Å². The average Bonchev–Trinajstić information content (AvgIpc) is 2.43. The maximum absolute atomic E-state index is 13.6. The molecule has 1 amide bonds. The third-order valence-corrected chi connectivity index (χ3v) is 2.69. The molecule has 2 aromatic rings. The standard InChI is InChI=1S/C16H15F2NO2/c1-10(2)21-14-9-4-3-8-13(14)19-16(20)11-6-5-7-12(17)15(11)18/h3-10H,1-2H3,(H,19,20). The number of halogens is 2. The summed E-state index contributed by atoms with van der Waals surface area (Å²) in [6, 6.07) is 10.3. The Labute approximate surface area is 121 Å². The Morgan fingerprint density at radius 1 is 1.10 bits per heavy atom. The van der Waals surface area contributed by atoms with Crippen molar-refractivity contribution in [3.8, 4) is 5.75 Å². The zero-order valence-electron chi connectivity index (χ0n) is 11.7. The Kier molecular flexibility index (Phi) is 4.52.